The van der Waals surface area contributed by atoms with Gasteiger partial charge in [-0.1, -0.05) is 6.07 Å². The lowest BCUT2D eigenvalue weighted by molar-refractivity contribution is -0.117. The highest BCUT2D eigenvalue weighted by Gasteiger charge is 2.21. The van der Waals surface area contributed by atoms with Crippen LogP contribution in [0.3, 0.4) is 0 Å². The first-order valence-corrected chi connectivity index (χ1v) is 7.28. The summed E-state index contributed by atoms with van der Waals surface area (Å²) in [5.74, 6) is -0.107. The molecule has 3 rings (SSSR count). The zero-order valence-electron chi connectivity index (χ0n) is 10.7. The fourth-order valence-electron chi connectivity index (χ4n) is 2.19. The normalized spacial score (nSPS) is 14.6. The van der Waals surface area contributed by atoms with Crippen molar-refractivity contribution in [3.05, 3.63) is 40.8 Å². The second-order valence-corrected chi connectivity index (χ2v) is 5.25. The van der Waals surface area contributed by atoms with Crippen LogP contribution in [0.2, 0.25) is 0 Å². The van der Waals surface area contributed by atoms with Crippen LogP contribution in [0.5, 0.6) is 0 Å². The summed E-state index contributed by atoms with van der Waals surface area (Å²) < 4.78 is 0. The van der Waals surface area contributed by atoms with Gasteiger partial charge >= 0.3 is 0 Å². The molecule has 1 N–H and O–H groups in total. The van der Waals surface area contributed by atoms with E-state index in [1.54, 1.807) is 21.9 Å². The van der Waals surface area contributed by atoms with Crippen molar-refractivity contribution in [1.29, 1.82) is 0 Å². The maximum absolute atomic E-state index is 11.9. The molecule has 2 heterocycles. The Kier molecular flexibility index (Phi) is 3.47. The molecule has 0 spiro atoms. The minimum absolute atomic E-state index is 0.132. The Labute approximate surface area is 120 Å². The Morgan fingerprint density at radius 2 is 2.30 bits per heavy atom. The van der Waals surface area contributed by atoms with Gasteiger partial charge in [0.15, 0.2) is 0 Å². The van der Waals surface area contributed by atoms with Crippen molar-refractivity contribution in [1.82, 2.24) is 4.98 Å². The maximum atomic E-state index is 11.9. The van der Waals surface area contributed by atoms with Gasteiger partial charge in [0.05, 0.1) is 5.51 Å². The number of hydrogen-bond donors (Lipinski definition) is 1. The van der Waals surface area contributed by atoms with Crippen LogP contribution in [-0.4, -0.2) is 23.3 Å². The molecule has 2 amide bonds. The second kappa shape index (κ2) is 5.42. The van der Waals surface area contributed by atoms with Gasteiger partial charge in [-0.2, -0.15) is 0 Å². The molecule has 0 aliphatic carbocycles. The largest absolute Gasteiger partial charge is 0.321 e. The third-order valence-corrected chi connectivity index (χ3v) is 3.74. The molecule has 0 unspecified atom stereocenters. The van der Waals surface area contributed by atoms with Crippen molar-refractivity contribution in [2.45, 2.75) is 12.8 Å². The van der Waals surface area contributed by atoms with E-state index >= 15 is 0 Å². The molecule has 1 aromatic heterocycles. The van der Waals surface area contributed by atoms with E-state index < -0.39 is 0 Å². The lowest BCUT2D eigenvalue weighted by atomic mass is 10.2. The van der Waals surface area contributed by atoms with Crippen molar-refractivity contribution in [3.8, 4) is 0 Å². The number of thiazole rings is 1. The van der Waals surface area contributed by atoms with Gasteiger partial charge in [-0.15, -0.1) is 11.3 Å². The first-order valence-electron chi connectivity index (χ1n) is 6.34. The van der Waals surface area contributed by atoms with E-state index in [1.807, 2.05) is 18.2 Å². The summed E-state index contributed by atoms with van der Waals surface area (Å²) in [5.41, 5.74) is 3.51. The summed E-state index contributed by atoms with van der Waals surface area (Å²) in [6.45, 7) is 0.738. The molecule has 1 aromatic carbocycles. The first kappa shape index (κ1) is 12.8. The minimum atomic E-state index is -0.240. The van der Waals surface area contributed by atoms with Gasteiger partial charge in [0.2, 0.25) is 5.91 Å². The minimum Gasteiger partial charge on any atom is -0.321 e. The molecule has 5 nitrogen and oxygen atoms in total. The van der Waals surface area contributed by atoms with Crippen LogP contribution in [0.25, 0.3) is 0 Å². The Morgan fingerprint density at radius 3 is 3.00 bits per heavy atom. The Hall–Kier alpha value is -2.21. The fraction of sp³-hybridized carbons (Fsp3) is 0.214. The number of nitrogens with zero attached hydrogens (tertiary/aromatic N) is 2. The summed E-state index contributed by atoms with van der Waals surface area (Å²) in [4.78, 5) is 29.4. The SMILES string of the molecule is O=C(Nc1cccc(N2CCCC2=O)c1)c1cscn1. The summed E-state index contributed by atoms with van der Waals surface area (Å²) in [7, 11) is 0. The quantitative estimate of drug-likeness (QED) is 0.943. The summed E-state index contributed by atoms with van der Waals surface area (Å²) in [6, 6.07) is 7.32. The zero-order valence-corrected chi connectivity index (χ0v) is 11.5. The van der Waals surface area contributed by atoms with Gasteiger partial charge in [-0.05, 0) is 24.6 Å². The standard InChI is InChI=1S/C14H13N3O2S/c18-13-5-2-6-17(13)11-4-1-3-10(7-11)16-14(19)12-8-20-9-15-12/h1,3-4,7-9H,2,5-6H2,(H,16,19). The predicted octanol–water partition coefficient (Wildman–Crippen LogP) is 2.52. The van der Waals surface area contributed by atoms with E-state index in [2.05, 4.69) is 10.3 Å². The van der Waals surface area contributed by atoms with Gasteiger partial charge in [0.1, 0.15) is 5.69 Å². The lowest BCUT2D eigenvalue weighted by Gasteiger charge is -2.16. The predicted molar refractivity (Wildman–Crippen MR) is 78.1 cm³/mol. The van der Waals surface area contributed by atoms with Crippen molar-refractivity contribution < 1.29 is 9.59 Å². The third-order valence-electron chi connectivity index (χ3n) is 3.15. The molecular weight excluding hydrogens is 274 g/mol. The topological polar surface area (TPSA) is 62.3 Å². The average molecular weight is 287 g/mol. The van der Waals surface area contributed by atoms with E-state index in [4.69, 9.17) is 0 Å². The molecule has 1 aliphatic rings. The number of amides is 2. The number of carbonyl (C=O) groups is 2. The van der Waals surface area contributed by atoms with E-state index in [0.29, 0.717) is 17.8 Å². The molecule has 1 fully saturated rings. The van der Waals surface area contributed by atoms with Gasteiger partial charge in [0, 0.05) is 29.7 Å². The van der Waals surface area contributed by atoms with Crippen LogP contribution in [0.15, 0.2) is 35.2 Å². The second-order valence-electron chi connectivity index (χ2n) is 4.53. The highest BCUT2D eigenvalue weighted by Crippen LogP contribution is 2.24. The van der Waals surface area contributed by atoms with E-state index in [0.717, 1.165) is 18.7 Å². The lowest BCUT2D eigenvalue weighted by Crippen LogP contribution is -2.23. The van der Waals surface area contributed by atoms with Crippen molar-refractivity contribution >= 4 is 34.5 Å². The Morgan fingerprint density at radius 1 is 1.40 bits per heavy atom. The molecule has 20 heavy (non-hydrogen) atoms. The first-order chi connectivity index (χ1) is 9.74. The molecular formula is C14H13N3O2S. The molecule has 2 aromatic rings. The molecule has 0 radical (unpaired) electrons. The number of aromatic nitrogens is 1. The molecule has 0 bridgehead atoms. The number of rotatable bonds is 3. The van der Waals surface area contributed by atoms with Crippen molar-refractivity contribution in [2.24, 2.45) is 0 Å². The monoisotopic (exact) mass is 287 g/mol. The van der Waals surface area contributed by atoms with E-state index in [-0.39, 0.29) is 11.8 Å². The Bertz CT molecular complexity index is 640. The van der Waals surface area contributed by atoms with Crippen LogP contribution in [0.4, 0.5) is 11.4 Å². The van der Waals surface area contributed by atoms with Crippen LogP contribution in [0.1, 0.15) is 23.3 Å². The third kappa shape index (κ3) is 2.55. The molecule has 0 saturated carbocycles. The van der Waals surface area contributed by atoms with Gasteiger partial charge in [-0.3, -0.25) is 9.59 Å². The molecule has 6 heteroatoms. The molecule has 1 aliphatic heterocycles. The van der Waals surface area contributed by atoms with Gasteiger partial charge in [0.25, 0.3) is 5.91 Å². The fourth-order valence-corrected chi connectivity index (χ4v) is 2.72. The smallest absolute Gasteiger partial charge is 0.275 e. The molecule has 1 saturated heterocycles. The van der Waals surface area contributed by atoms with Crippen LogP contribution >= 0.6 is 11.3 Å². The summed E-state index contributed by atoms with van der Waals surface area (Å²) >= 11 is 1.38. The molecule has 102 valence electrons. The number of benzene rings is 1. The van der Waals surface area contributed by atoms with E-state index in [1.165, 1.54) is 11.3 Å². The van der Waals surface area contributed by atoms with Crippen LogP contribution in [-0.2, 0) is 4.79 Å². The van der Waals surface area contributed by atoms with E-state index in [9.17, 15) is 9.59 Å². The number of carbonyl (C=O) groups excluding carboxylic acids is 2. The molecule has 0 atom stereocenters. The van der Waals surface area contributed by atoms with Gasteiger partial charge in [-0.25, -0.2) is 4.98 Å². The summed E-state index contributed by atoms with van der Waals surface area (Å²) in [5, 5.41) is 4.49. The highest BCUT2D eigenvalue weighted by molar-refractivity contribution is 7.07. The summed E-state index contributed by atoms with van der Waals surface area (Å²) in [6.07, 6.45) is 1.48. The van der Waals surface area contributed by atoms with Gasteiger partial charge < -0.3 is 10.2 Å². The number of anilines is 2. The number of hydrogen-bond acceptors (Lipinski definition) is 4. The maximum Gasteiger partial charge on any atom is 0.275 e. The highest BCUT2D eigenvalue weighted by atomic mass is 32.1. The van der Waals surface area contributed by atoms with Crippen molar-refractivity contribution in [2.75, 3.05) is 16.8 Å². The van der Waals surface area contributed by atoms with Crippen LogP contribution in [0, 0.1) is 0 Å². The number of nitrogens with one attached hydrogen (secondary N) is 1. The van der Waals surface area contributed by atoms with Crippen molar-refractivity contribution in [3.63, 3.8) is 0 Å². The van der Waals surface area contributed by atoms with Crippen LogP contribution < -0.4 is 10.2 Å². The Balaban J connectivity index is 1.78. The zero-order chi connectivity index (χ0) is 13.9. The average Bonchev–Trinajstić information content (AvgIpc) is 3.10.